The second kappa shape index (κ2) is 5.23. The second-order valence-electron chi connectivity index (χ2n) is 6.87. The molecular formula is C15H23NO2S. The fourth-order valence-corrected chi connectivity index (χ4v) is 3.90. The van der Waals surface area contributed by atoms with Gasteiger partial charge < -0.3 is 5.11 Å². The van der Waals surface area contributed by atoms with Crippen molar-refractivity contribution in [3.8, 4) is 0 Å². The van der Waals surface area contributed by atoms with Gasteiger partial charge in [0.15, 0.2) is 0 Å². The van der Waals surface area contributed by atoms with Crippen molar-refractivity contribution >= 4 is 17.3 Å². The van der Waals surface area contributed by atoms with Gasteiger partial charge in [0, 0.05) is 11.1 Å². The number of thiazole rings is 1. The number of hydrogen-bond donors (Lipinski definition) is 1. The lowest BCUT2D eigenvalue weighted by molar-refractivity contribution is -0.152. The molecule has 1 aromatic rings. The number of hydrogen-bond acceptors (Lipinski definition) is 3. The summed E-state index contributed by atoms with van der Waals surface area (Å²) >= 11 is 1.56. The summed E-state index contributed by atoms with van der Waals surface area (Å²) in [6, 6.07) is 0. The Labute approximate surface area is 119 Å². The van der Waals surface area contributed by atoms with Gasteiger partial charge in [-0.1, -0.05) is 20.8 Å². The lowest BCUT2D eigenvalue weighted by Crippen LogP contribution is -2.39. The summed E-state index contributed by atoms with van der Waals surface area (Å²) in [5.41, 5.74) is 1.51. The molecule has 0 saturated heterocycles. The fraction of sp³-hybridized carbons (Fsp3) is 0.733. The molecule has 0 spiro atoms. The van der Waals surface area contributed by atoms with Crippen LogP contribution in [0.3, 0.4) is 0 Å². The second-order valence-corrected chi connectivity index (χ2v) is 7.84. The molecule has 1 N–H and O–H groups in total. The van der Waals surface area contributed by atoms with Crippen LogP contribution in [-0.4, -0.2) is 16.1 Å². The fourth-order valence-electron chi connectivity index (χ4n) is 3.17. The number of aromatic nitrogens is 1. The molecule has 106 valence electrons. The maximum atomic E-state index is 11.7. The first-order chi connectivity index (χ1) is 8.83. The van der Waals surface area contributed by atoms with Gasteiger partial charge in [-0.15, -0.1) is 11.3 Å². The molecule has 1 aliphatic rings. The summed E-state index contributed by atoms with van der Waals surface area (Å²) in [7, 11) is 0. The lowest BCUT2D eigenvalue weighted by atomic mass is 9.63. The molecule has 1 aromatic heterocycles. The number of nitrogens with zero attached hydrogens (tertiary/aromatic N) is 1. The molecule has 1 fully saturated rings. The van der Waals surface area contributed by atoms with E-state index in [-0.39, 0.29) is 5.41 Å². The molecule has 1 aliphatic carbocycles. The molecule has 2 rings (SSSR count). The largest absolute Gasteiger partial charge is 0.481 e. The standard InChI is InChI=1S/C15H23NO2S/c1-14(2,3)11-4-6-15(7-5-11,13(17)18)8-12-9-16-10-19-12/h9-11H,4-8H2,1-3H3,(H,17,18). The van der Waals surface area contributed by atoms with E-state index in [4.69, 9.17) is 0 Å². The Bertz CT molecular complexity index is 425. The molecule has 0 radical (unpaired) electrons. The molecule has 0 unspecified atom stereocenters. The van der Waals surface area contributed by atoms with Gasteiger partial charge in [-0.05, 0) is 43.4 Å². The molecule has 0 aliphatic heterocycles. The van der Waals surface area contributed by atoms with Crippen molar-refractivity contribution in [2.75, 3.05) is 0 Å². The zero-order valence-electron chi connectivity index (χ0n) is 12.0. The van der Waals surface area contributed by atoms with E-state index in [1.165, 1.54) is 0 Å². The van der Waals surface area contributed by atoms with Crippen molar-refractivity contribution in [1.82, 2.24) is 4.98 Å². The van der Waals surface area contributed by atoms with Crippen LogP contribution in [0, 0.1) is 16.7 Å². The number of aliphatic carboxylic acids is 1. The Morgan fingerprint density at radius 2 is 2.11 bits per heavy atom. The van der Waals surface area contributed by atoms with Crippen LogP contribution in [0.1, 0.15) is 51.3 Å². The van der Waals surface area contributed by atoms with E-state index in [9.17, 15) is 9.90 Å². The van der Waals surface area contributed by atoms with E-state index in [2.05, 4.69) is 25.8 Å². The van der Waals surface area contributed by atoms with Gasteiger partial charge in [0.1, 0.15) is 0 Å². The first-order valence-corrected chi connectivity index (χ1v) is 7.82. The van der Waals surface area contributed by atoms with Gasteiger partial charge in [-0.3, -0.25) is 9.78 Å². The van der Waals surface area contributed by atoms with E-state index >= 15 is 0 Å². The number of carboxylic acid groups (broad SMARTS) is 1. The maximum absolute atomic E-state index is 11.7. The van der Waals surface area contributed by atoms with Crippen LogP contribution < -0.4 is 0 Å². The minimum Gasteiger partial charge on any atom is -0.481 e. The molecule has 4 heteroatoms. The molecule has 0 amide bonds. The van der Waals surface area contributed by atoms with Crippen LogP contribution in [0.2, 0.25) is 0 Å². The Morgan fingerprint density at radius 1 is 1.47 bits per heavy atom. The van der Waals surface area contributed by atoms with E-state index in [1.54, 1.807) is 16.8 Å². The quantitative estimate of drug-likeness (QED) is 0.911. The molecule has 0 atom stereocenters. The minimum absolute atomic E-state index is 0.287. The summed E-state index contributed by atoms with van der Waals surface area (Å²) in [4.78, 5) is 16.9. The summed E-state index contributed by atoms with van der Waals surface area (Å²) in [5.74, 6) is 0.00898. The molecule has 0 bridgehead atoms. The van der Waals surface area contributed by atoms with Gasteiger partial charge in [0.25, 0.3) is 0 Å². The van der Waals surface area contributed by atoms with Crippen molar-refractivity contribution in [1.29, 1.82) is 0 Å². The molecule has 0 aromatic carbocycles. The van der Waals surface area contributed by atoms with Crippen molar-refractivity contribution in [3.05, 3.63) is 16.6 Å². The Morgan fingerprint density at radius 3 is 2.53 bits per heavy atom. The molecular weight excluding hydrogens is 258 g/mol. The van der Waals surface area contributed by atoms with E-state index in [1.807, 2.05) is 6.20 Å². The van der Waals surface area contributed by atoms with Crippen LogP contribution in [0.5, 0.6) is 0 Å². The highest BCUT2D eigenvalue weighted by Crippen LogP contribution is 2.47. The van der Waals surface area contributed by atoms with Crippen molar-refractivity contribution in [2.24, 2.45) is 16.7 Å². The highest BCUT2D eigenvalue weighted by Gasteiger charge is 2.44. The Balaban J connectivity index is 2.09. The third-order valence-corrected chi connectivity index (χ3v) is 5.40. The lowest BCUT2D eigenvalue weighted by Gasteiger charge is -2.41. The monoisotopic (exact) mass is 281 g/mol. The van der Waals surface area contributed by atoms with E-state index < -0.39 is 11.4 Å². The SMILES string of the molecule is CC(C)(C)C1CCC(Cc2cncs2)(C(=O)O)CC1. The Kier molecular flexibility index (Phi) is 4.00. The predicted molar refractivity (Wildman–Crippen MR) is 77.3 cm³/mol. The molecule has 1 saturated carbocycles. The third-order valence-electron chi connectivity index (χ3n) is 4.62. The smallest absolute Gasteiger partial charge is 0.309 e. The number of carbonyl (C=O) groups is 1. The summed E-state index contributed by atoms with van der Waals surface area (Å²) in [6.07, 6.45) is 6.09. The van der Waals surface area contributed by atoms with Gasteiger partial charge in [-0.25, -0.2) is 0 Å². The van der Waals surface area contributed by atoms with E-state index in [0.29, 0.717) is 12.3 Å². The Hall–Kier alpha value is -0.900. The number of carboxylic acids is 1. The van der Waals surface area contributed by atoms with Crippen LogP contribution in [0.15, 0.2) is 11.7 Å². The van der Waals surface area contributed by atoms with Crippen LogP contribution in [-0.2, 0) is 11.2 Å². The highest BCUT2D eigenvalue weighted by atomic mass is 32.1. The molecule has 3 nitrogen and oxygen atoms in total. The average Bonchev–Trinajstić information content (AvgIpc) is 2.81. The van der Waals surface area contributed by atoms with Gasteiger partial charge in [-0.2, -0.15) is 0 Å². The zero-order valence-corrected chi connectivity index (χ0v) is 12.8. The van der Waals surface area contributed by atoms with Gasteiger partial charge >= 0.3 is 5.97 Å². The summed E-state index contributed by atoms with van der Waals surface area (Å²) in [6.45, 7) is 6.78. The van der Waals surface area contributed by atoms with Crippen molar-refractivity contribution in [2.45, 2.75) is 52.9 Å². The maximum Gasteiger partial charge on any atom is 0.309 e. The van der Waals surface area contributed by atoms with E-state index in [0.717, 1.165) is 30.6 Å². The summed E-state index contributed by atoms with van der Waals surface area (Å²) in [5, 5.41) is 9.66. The van der Waals surface area contributed by atoms with Crippen molar-refractivity contribution in [3.63, 3.8) is 0 Å². The van der Waals surface area contributed by atoms with Crippen LogP contribution >= 0.6 is 11.3 Å². The van der Waals surface area contributed by atoms with Crippen molar-refractivity contribution < 1.29 is 9.90 Å². The van der Waals surface area contributed by atoms with Gasteiger partial charge in [0.05, 0.1) is 10.9 Å². The highest BCUT2D eigenvalue weighted by molar-refractivity contribution is 7.09. The number of rotatable bonds is 3. The topological polar surface area (TPSA) is 50.2 Å². The normalized spacial score (nSPS) is 28.3. The van der Waals surface area contributed by atoms with Crippen LogP contribution in [0.25, 0.3) is 0 Å². The molecule has 19 heavy (non-hydrogen) atoms. The zero-order chi connectivity index (χ0) is 14.1. The summed E-state index contributed by atoms with van der Waals surface area (Å²) < 4.78 is 0. The van der Waals surface area contributed by atoms with Gasteiger partial charge in [0.2, 0.25) is 0 Å². The predicted octanol–water partition coefficient (Wildman–Crippen LogP) is 3.99. The first-order valence-electron chi connectivity index (χ1n) is 6.94. The first kappa shape index (κ1) is 14.5. The molecule has 1 heterocycles. The van der Waals surface area contributed by atoms with Crippen LogP contribution in [0.4, 0.5) is 0 Å². The minimum atomic E-state index is -0.631. The third kappa shape index (κ3) is 3.16. The average molecular weight is 281 g/mol.